The summed E-state index contributed by atoms with van der Waals surface area (Å²) in [6.45, 7) is 1.36. The van der Waals surface area contributed by atoms with E-state index in [1.165, 1.54) is 0 Å². The Labute approximate surface area is 83.3 Å². The lowest BCUT2D eigenvalue weighted by Crippen LogP contribution is -1.98. The fourth-order valence-electron chi connectivity index (χ4n) is 0.896. The lowest BCUT2D eigenvalue weighted by Gasteiger charge is -2.03. The number of hydrogen-bond acceptors (Lipinski definition) is 3. The second-order valence-corrected chi connectivity index (χ2v) is 2.67. The molecule has 3 heteroatoms. The first-order valence-electron chi connectivity index (χ1n) is 4.15. The van der Waals surface area contributed by atoms with Crippen molar-refractivity contribution >= 4 is 17.4 Å². The van der Waals surface area contributed by atoms with Gasteiger partial charge in [-0.05, 0) is 24.4 Å². The van der Waals surface area contributed by atoms with Crippen molar-refractivity contribution in [1.82, 2.24) is 0 Å². The molecular formula is C10H11NOS. The number of thiocarbonyl (C=S) groups is 1. The van der Waals surface area contributed by atoms with E-state index < -0.39 is 0 Å². The lowest BCUT2D eigenvalue weighted by atomic mass is 10.3. The quantitative estimate of drug-likeness (QED) is 0.407. The van der Waals surface area contributed by atoms with E-state index in [0.29, 0.717) is 13.2 Å². The van der Waals surface area contributed by atoms with Gasteiger partial charge in [0.2, 0.25) is 0 Å². The number of ether oxygens (including phenoxy) is 1. The van der Waals surface area contributed by atoms with Crippen LogP contribution in [-0.2, 0) is 0 Å². The van der Waals surface area contributed by atoms with Gasteiger partial charge in [0.1, 0.15) is 5.75 Å². The molecule has 0 amide bonds. The van der Waals surface area contributed by atoms with Crippen LogP contribution < -0.4 is 4.74 Å². The maximum Gasteiger partial charge on any atom is 0.119 e. The molecule has 0 spiro atoms. The predicted molar refractivity (Wildman–Crippen MR) is 56.4 cm³/mol. The lowest BCUT2D eigenvalue weighted by molar-refractivity contribution is 0.313. The van der Waals surface area contributed by atoms with Crippen LogP contribution in [0.1, 0.15) is 6.42 Å². The zero-order valence-electron chi connectivity index (χ0n) is 7.27. The molecule has 0 atom stereocenters. The Kier molecular flexibility index (Phi) is 4.84. The highest BCUT2D eigenvalue weighted by molar-refractivity contribution is 7.78. The third kappa shape index (κ3) is 4.41. The zero-order valence-corrected chi connectivity index (χ0v) is 8.09. The smallest absolute Gasteiger partial charge is 0.119 e. The highest BCUT2D eigenvalue weighted by atomic mass is 32.1. The number of nitrogens with zero attached hydrogens (tertiary/aromatic N) is 1. The zero-order chi connectivity index (χ0) is 9.36. The third-order valence-electron chi connectivity index (χ3n) is 1.49. The van der Waals surface area contributed by atoms with E-state index >= 15 is 0 Å². The van der Waals surface area contributed by atoms with Crippen molar-refractivity contribution in [3.05, 3.63) is 30.3 Å². The van der Waals surface area contributed by atoms with E-state index in [9.17, 15) is 0 Å². The van der Waals surface area contributed by atoms with Crippen LogP contribution in [0.2, 0.25) is 0 Å². The molecule has 0 saturated heterocycles. The van der Waals surface area contributed by atoms with Gasteiger partial charge >= 0.3 is 0 Å². The summed E-state index contributed by atoms with van der Waals surface area (Å²) in [6.07, 6.45) is 0.874. The van der Waals surface area contributed by atoms with Crippen LogP contribution in [-0.4, -0.2) is 18.3 Å². The molecule has 0 unspecified atom stereocenters. The van der Waals surface area contributed by atoms with Gasteiger partial charge in [0.15, 0.2) is 0 Å². The molecule has 0 heterocycles. The largest absolute Gasteiger partial charge is 0.494 e. The molecule has 0 bridgehead atoms. The molecule has 1 aromatic rings. The molecule has 0 aliphatic rings. The van der Waals surface area contributed by atoms with Crippen LogP contribution in [0.4, 0.5) is 0 Å². The molecule has 0 aliphatic heterocycles. The van der Waals surface area contributed by atoms with Gasteiger partial charge < -0.3 is 4.74 Å². The number of isothiocyanates is 1. The Morgan fingerprint density at radius 2 is 2.08 bits per heavy atom. The Balaban J connectivity index is 2.17. The van der Waals surface area contributed by atoms with Gasteiger partial charge in [-0.15, -0.1) is 0 Å². The highest BCUT2D eigenvalue weighted by Crippen LogP contribution is 2.07. The van der Waals surface area contributed by atoms with E-state index in [1.807, 2.05) is 30.3 Å². The summed E-state index contributed by atoms with van der Waals surface area (Å²) >= 11 is 4.44. The first-order valence-corrected chi connectivity index (χ1v) is 4.56. The molecule has 68 valence electrons. The van der Waals surface area contributed by atoms with Gasteiger partial charge in [-0.25, -0.2) is 4.99 Å². The van der Waals surface area contributed by atoms with E-state index in [4.69, 9.17) is 4.74 Å². The SMILES string of the molecule is S=C=NCCCOc1ccccc1. The molecule has 1 aromatic carbocycles. The maximum absolute atomic E-state index is 5.43. The molecule has 0 aromatic heterocycles. The summed E-state index contributed by atoms with van der Waals surface area (Å²) < 4.78 is 5.43. The summed E-state index contributed by atoms with van der Waals surface area (Å²) in [6, 6.07) is 9.73. The van der Waals surface area contributed by atoms with Crippen LogP contribution in [0.15, 0.2) is 35.3 Å². The van der Waals surface area contributed by atoms with Crippen molar-refractivity contribution in [2.24, 2.45) is 4.99 Å². The second kappa shape index (κ2) is 6.35. The Morgan fingerprint density at radius 3 is 2.77 bits per heavy atom. The van der Waals surface area contributed by atoms with Crippen molar-refractivity contribution in [1.29, 1.82) is 0 Å². The van der Waals surface area contributed by atoms with Crippen molar-refractivity contribution < 1.29 is 4.74 Å². The average molecular weight is 193 g/mol. The topological polar surface area (TPSA) is 21.6 Å². The van der Waals surface area contributed by atoms with Crippen molar-refractivity contribution in [2.75, 3.05) is 13.2 Å². The fraction of sp³-hybridized carbons (Fsp3) is 0.300. The van der Waals surface area contributed by atoms with Crippen LogP contribution in [0.5, 0.6) is 5.75 Å². The predicted octanol–water partition coefficient (Wildman–Crippen LogP) is 2.56. The fourth-order valence-corrected chi connectivity index (χ4v) is 0.987. The summed E-state index contributed by atoms with van der Waals surface area (Å²) in [4.78, 5) is 3.79. The molecule has 0 saturated carbocycles. The van der Waals surface area contributed by atoms with E-state index in [-0.39, 0.29) is 0 Å². The minimum atomic E-state index is 0.671. The Morgan fingerprint density at radius 1 is 1.31 bits per heavy atom. The van der Waals surface area contributed by atoms with Gasteiger partial charge in [-0.3, -0.25) is 0 Å². The second-order valence-electron chi connectivity index (χ2n) is 2.49. The average Bonchev–Trinajstić information content (AvgIpc) is 2.19. The van der Waals surface area contributed by atoms with Crippen LogP contribution in [0.25, 0.3) is 0 Å². The summed E-state index contributed by atoms with van der Waals surface area (Å²) in [7, 11) is 0. The van der Waals surface area contributed by atoms with E-state index in [1.54, 1.807) is 0 Å². The first-order chi connectivity index (χ1) is 6.43. The Bertz CT molecular complexity index is 280. The number of rotatable bonds is 5. The van der Waals surface area contributed by atoms with Crippen LogP contribution in [0.3, 0.4) is 0 Å². The standard InChI is InChI=1S/C10H11NOS/c13-9-11-7-4-8-12-10-5-2-1-3-6-10/h1-3,5-6H,4,7-8H2. The first kappa shape index (κ1) is 9.90. The summed E-state index contributed by atoms with van der Waals surface area (Å²) in [5, 5.41) is 2.32. The molecule has 0 radical (unpaired) electrons. The molecule has 0 fully saturated rings. The monoisotopic (exact) mass is 193 g/mol. The van der Waals surface area contributed by atoms with E-state index in [0.717, 1.165) is 12.2 Å². The highest BCUT2D eigenvalue weighted by Gasteiger charge is 1.89. The summed E-state index contributed by atoms with van der Waals surface area (Å²) in [5.41, 5.74) is 0. The molecular weight excluding hydrogens is 182 g/mol. The minimum absolute atomic E-state index is 0.671. The maximum atomic E-state index is 5.43. The number of hydrogen-bond donors (Lipinski definition) is 0. The van der Waals surface area contributed by atoms with Gasteiger partial charge in [0.05, 0.1) is 18.3 Å². The minimum Gasteiger partial charge on any atom is -0.494 e. The van der Waals surface area contributed by atoms with Crippen LogP contribution >= 0.6 is 12.2 Å². The number of para-hydroxylation sites is 1. The van der Waals surface area contributed by atoms with E-state index in [2.05, 4.69) is 22.4 Å². The van der Waals surface area contributed by atoms with Crippen molar-refractivity contribution in [3.8, 4) is 5.75 Å². The molecule has 1 rings (SSSR count). The number of benzene rings is 1. The molecule has 13 heavy (non-hydrogen) atoms. The molecule has 0 aliphatic carbocycles. The molecule has 0 N–H and O–H groups in total. The van der Waals surface area contributed by atoms with Crippen molar-refractivity contribution in [2.45, 2.75) is 6.42 Å². The van der Waals surface area contributed by atoms with Gasteiger partial charge in [0, 0.05) is 6.42 Å². The molecule has 2 nitrogen and oxygen atoms in total. The van der Waals surface area contributed by atoms with Gasteiger partial charge in [-0.2, -0.15) is 0 Å². The Hall–Kier alpha value is -1.18. The van der Waals surface area contributed by atoms with Crippen LogP contribution in [0, 0.1) is 0 Å². The van der Waals surface area contributed by atoms with Crippen molar-refractivity contribution in [3.63, 3.8) is 0 Å². The van der Waals surface area contributed by atoms with Gasteiger partial charge in [0.25, 0.3) is 0 Å². The third-order valence-corrected chi connectivity index (χ3v) is 1.62. The van der Waals surface area contributed by atoms with Gasteiger partial charge in [-0.1, -0.05) is 18.2 Å². The number of aliphatic imine (C=N–C) groups is 1. The normalized spacial score (nSPS) is 8.92. The summed E-state index contributed by atoms with van der Waals surface area (Å²) in [5.74, 6) is 0.897.